The third-order valence-electron chi connectivity index (χ3n) is 9.06. The molecule has 3 aromatic rings. The van der Waals surface area contributed by atoms with Crippen molar-refractivity contribution in [3.05, 3.63) is 81.6 Å². The summed E-state index contributed by atoms with van der Waals surface area (Å²) in [7, 11) is 1.47. The van der Waals surface area contributed by atoms with Gasteiger partial charge in [-0.25, -0.2) is 0 Å². The Bertz CT molecular complexity index is 1500. The first-order valence-electron chi connectivity index (χ1n) is 14.1. The van der Waals surface area contributed by atoms with Crippen LogP contribution >= 0.6 is 0 Å². The molecule has 230 valence electrons. The lowest BCUT2D eigenvalue weighted by Crippen LogP contribution is -2.60. The quantitative estimate of drug-likeness (QED) is 0.161. The first kappa shape index (κ1) is 29.5. The molecule has 0 aromatic heterocycles. The zero-order valence-electron chi connectivity index (χ0n) is 23.4. The molecule has 1 saturated heterocycles. The lowest BCUT2D eigenvalue weighted by molar-refractivity contribution is -0.945. The SMILES string of the molecule is COc1cc2c(cc1O)C1Cc3ccc(OC4OC(CO)C(O)C(O)C4O)c(O)c3C(Cc3ccc(O)cc3)[N+]1([O-])CC2. The summed E-state index contributed by atoms with van der Waals surface area (Å²) < 4.78 is 15.9. The lowest BCUT2D eigenvalue weighted by atomic mass is 9.78. The van der Waals surface area contributed by atoms with Gasteiger partial charge in [-0.15, -0.1) is 0 Å². The maximum absolute atomic E-state index is 15.0. The van der Waals surface area contributed by atoms with E-state index in [0.29, 0.717) is 28.9 Å². The van der Waals surface area contributed by atoms with E-state index in [-0.39, 0.29) is 42.4 Å². The minimum atomic E-state index is -1.69. The van der Waals surface area contributed by atoms with E-state index in [2.05, 4.69) is 0 Å². The molecule has 0 saturated carbocycles. The molecule has 3 aliphatic heterocycles. The summed E-state index contributed by atoms with van der Waals surface area (Å²) in [6.07, 6.45) is -6.78. The monoisotopic (exact) mass is 597 g/mol. The number of aliphatic hydroxyl groups excluding tert-OH is 4. The minimum absolute atomic E-state index is 0.0679. The molecule has 12 nitrogen and oxygen atoms in total. The van der Waals surface area contributed by atoms with Crippen LogP contribution in [-0.4, -0.2) is 91.4 Å². The fourth-order valence-corrected chi connectivity index (χ4v) is 6.74. The number of hydrogen-bond acceptors (Lipinski definition) is 11. The van der Waals surface area contributed by atoms with E-state index in [0.717, 1.165) is 11.1 Å². The molecule has 0 spiro atoms. The summed E-state index contributed by atoms with van der Waals surface area (Å²) in [6.45, 7) is -0.457. The Labute approximate surface area is 247 Å². The number of nitrogens with zero attached hydrogens (tertiary/aromatic N) is 1. The number of quaternary nitrogens is 1. The number of hydroxylamine groups is 3. The Balaban J connectivity index is 1.43. The van der Waals surface area contributed by atoms with Gasteiger partial charge in [-0.3, -0.25) is 0 Å². The second kappa shape index (κ2) is 11.1. The standard InChI is InChI=1S/C31H35NO11/c1-41-24-12-16-8-9-32(40)20(19(16)13-22(24)35)11-17-4-7-23(42-31-30(39)29(38)28(37)25(14-33)43-31)27(36)26(17)21(32)10-15-2-5-18(34)6-3-15/h2-7,12-13,20-21,25,28-31,33-39H,8-11,14H2,1H3. The largest absolute Gasteiger partial charge is 0.632 e. The molecule has 0 bridgehead atoms. The number of fused-ring (bicyclic) bond motifs is 4. The van der Waals surface area contributed by atoms with Crippen molar-refractivity contribution >= 4 is 0 Å². The van der Waals surface area contributed by atoms with E-state index in [1.807, 2.05) is 0 Å². The van der Waals surface area contributed by atoms with Crippen LogP contribution in [0.25, 0.3) is 0 Å². The van der Waals surface area contributed by atoms with E-state index < -0.39 is 54.0 Å². The molecule has 12 heteroatoms. The Kier molecular flexibility index (Phi) is 7.63. The van der Waals surface area contributed by atoms with Crippen molar-refractivity contribution < 1.29 is 54.6 Å². The summed E-state index contributed by atoms with van der Waals surface area (Å²) in [6, 6.07) is 11.6. The predicted octanol–water partition coefficient (Wildman–Crippen LogP) is 1.44. The molecule has 3 aliphatic rings. The normalized spacial score (nSPS) is 31.4. The van der Waals surface area contributed by atoms with Crippen LogP contribution in [0.4, 0.5) is 0 Å². The highest BCUT2D eigenvalue weighted by Gasteiger charge is 2.49. The fraction of sp³-hybridized carbons (Fsp3) is 0.419. The third kappa shape index (κ3) is 4.94. The molecule has 0 amide bonds. The van der Waals surface area contributed by atoms with Gasteiger partial charge in [0, 0.05) is 24.8 Å². The molecule has 3 aromatic carbocycles. The van der Waals surface area contributed by atoms with E-state index >= 15 is 5.21 Å². The third-order valence-corrected chi connectivity index (χ3v) is 9.06. The number of benzene rings is 3. The molecule has 0 radical (unpaired) electrons. The first-order chi connectivity index (χ1) is 20.5. The maximum atomic E-state index is 15.0. The first-order valence-corrected chi connectivity index (χ1v) is 14.1. The van der Waals surface area contributed by atoms with Crippen molar-refractivity contribution in [2.45, 2.75) is 62.1 Å². The van der Waals surface area contributed by atoms with Gasteiger partial charge >= 0.3 is 0 Å². The molecular weight excluding hydrogens is 562 g/mol. The maximum Gasteiger partial charge on any atom is 0.229 e. The molecular formula is C31H35NO11. The van der Waals surface area contributed by atoms with E-state index in [4.69, 9.17) is 14.2 Å². The van der Waals surface area contributed by atoms with Crippen LogP contribution in [0, 0.1) is 5.21 Å². The van der Waals surface area contributed by atoms with Crippen molar-refractivity contribution in [3.63, 3.8) is 0 Å². The summed E-state index contributed by atoms with van der Waals surface area (Å²) in [5.41, 5.74) is 3.43. The lowest BCUT2D eigenvalue weighted by Gasteiger charge is -2.59. The van der Waals surface area contributed by atoms with E-state index in [1.165, 1.54) is 25.3 Å². The Morgan fingerprint density at radius 2 is 1.67 bits per heavy atom. The van der Waals surface area contributed by atoms with Crippen LogP contribution in [0.15, 0.2) is 48.5 Å². The van der Waals surface area contributed by atoms with Crippen LogP contribution in [0.3, 0.4) is 0 Å². The van der Waals surface area contributed by atoms with Crippen LogP contribution in [0.1, 0.15) is 39.9 Å². The van der Waals surface area contributed by atoms with Gasteiger partial charge < -0.3 is 59.8 Å². The number of methoxy groups -OCH3 is 1. The van der Waals surface area contributed by atoms with Gasteiger partial charge in [-0.05, 0) is 47.0 Å². The van der Waals surface area contributed by atoms with Gasteiger partial charge in [0.2, 0.25) is 6.29 Å². The topological polar surface area (TPSA) is 192 Å². The molecule has 0 aliphatic carbocycles. The van der Waals surface area contributed by atoms with Crippen molar-refractivity contribution in [1.29, 1.82) is 0 Å². The van der Waals surface area contributed by atoms with Crippen molar-refractivity contribution in [2.75, 3.05) is 20.3 Å². The molecule has 1 fully saturated rings. The molecule has 3 heterocycles. The van der Waals surface area contributed by atoms with Crippen LogP contribution in [-0.2, 0) is 24.0 Å². The van der Waals surface area contributed by atoms with Gasteiger partial charge in [0.25, 0.3) is 0 Å². The Hall–Kier alpha value is -3.62. The Morgan fingerprint density at radius 3 is 2.37 bits per heavy atom. The number of phenolic OH excluding ortho intramolecular Hbond substituents is 3. The van der Waals surface area contributed by atoms with Crippen LogP contribution in [0.5, 0.6) is 28.7 Å². The predicted molar refractivity (Wildman–Crippen MR) is 150 cm³/mol. The highest BCUT2D eigenvalue weighted by molar-refractivity contribution is 5.54. The van der Waals surface area contributed by atoms with Gasteiger partial charge in [0.05, 0.1) is 25.8 Å². The number of aliphatic hydroxyl groups is 4. The van der Waals surface area contributed by atoms with E-state index in [9.17, 15) is 35.7 Å². The average Bonchev–Trinajstić information content (AvgIpc) is 3.00. The van der Waals surface area contributed by atoms with Gasteiger partial charge in [-0.1, -0.05) is 18.2 Å². The molecule has 8 unspecified atom stereocenters. The summed E-state index contributed by atoms with van der Waals surface area (Å²) in [5.74, 6) is -0.0982. The fourth-order valence-electron chi connectivity index (χ4n) is 6.74. The van der Waals surface area contributed by atoms with Crippen LogP contribution in [0.2, 0.25) is 0 Å². The van der Waals surface area contributed by atoms with E-state index in [1.54, 1.807) is 30.3 Å². The van der Waals surface area contributed by atoms with Gasteiger partial charge in [0.1, 0.15) is 42.2 Å². The number of phenols is 3. The van der Waals surface area contributed by atoms with Crippen molar-refractivity contribution in [3.8, 4) is 28.7 Å². The van der Waals surface area contributed by atoms with Gasteiger partial charge in [-0.2, -0.15) is 0 Å². The number of hydrogen-bond donors (Lipinski definition) is 7. The molecule has 43 heavy (non-hydrogen) atoms. The summed E-state index contributed by atoms with van der Waals surface area (Å²) >= 11 is 0. The number of aromatic hydroxyl groups is 3. The summed E-state index contributed by atoms with van der Waals surface area (Å²) in [5, 5.41) is 87.5. The zero-order chi connectivity index (χ0) is 30.6. The zero-order valence-corrected chi connectivity index (χ0v) is 23.4. The average molecular weight is 598 g/mol. The van der Waals surface area contributed by atoms with Crippen LogP contribution < -0.4 is 9.47 Å². The van der Waals surface area contributed by atoms with Gasteiger partial charge in [0.15, 0.2) is 23.0 Å². The summed E-state index contributed by atoms with van der Waals surface area (Å²) in [4.78, 5) is 0. The minimum Gasteiger partial charge on any atom is -0.632 e. The molecule has 8 atom stereocenters. The molecule has 7 N–H and O–H groups in total. The molecule has 6 rings (SSSR count). The smallest absolute Gasteiger partial charge is 0.229 e. The Morgan fingerprint density at radius 1 is 0.930 bits per heavy atom. The second-order valence-electron chi connectivity index (χ2n) is 11.5. The highest BCUT2D eigenvalue weighted by atomic mass is 16.7. The van der Waals surface area contributed by atoms with Crippen molar-refractivity contribution in [1.82, 2.24) is 0 Å². The second-order valence-corrected chi connectivity index (χ2v) is 11.5. The van der Waals surface area contributed by atoms with Crippen molar-refractivity contribution in [2.24, 2.45) is 0 Å². The highest BCUT2D eigenvalue weighted by Crippen LogP contribution is 2.55. The number of rotatable bonds is 6. The number of ether oxygens (including phenoxy) is 3.